The Bertz CT molecular complexity index is 846. The third-order valence-electron chi connectivity index (χ3n) is 6.12. The molecule has 9 heteroatoms. The zero-order valence-corrected chi connectivity index (χ0v) is 20.8. The maximum absolute atomic E-state index is 5.34. The number of guanidine groups is 1. The SMILES string of the molecule is CN=C(NCc1nnc2n1CCC2)NCC(c1ccc(OC)cc1)N1CCCCC1.I. The van der Waals surface area contributed by atoms with Crippen LogP contribution in [0.25, 0.3) is 0 Å². The molecular formula is C22H34IN7O. The molecule has 2 aliphatic rings. The van der Waals surface area contributed by atoms with Crippen LogP contribution in [0, 0.1) is 0 Å². The van der Waals surface area contributed by atoms with Crippen LogP contribution in [0.5, 0.6) is 5.75 Å². The number of aliphatic imine (C=N–C) groups is 1. The standard InChI is InChI=1S/C22H33N7O.HI/c1-23-22(25-16-21-27-26-20-7-6-14-29(20)21)24-15-19(28-12-4-3-5-13-28)17-8-10-18(30-2)11-9-17;/h8-11,19H,3-7,12-16H2,1-2H3,(H2,23,24,25);1H. The predicted octanol–water partition coefficient (Wildman–Crippen LogP) is 2.74. The molecule has 0 saturated carbocycles. The first-order valence-electron chi connectivity index (χ1n) is 11.0. The second-order valence-electron chi connectivity index (χ2n) is 7.98. The number of aromatic nitrogens is 3. The van der Waals surface area contributed by atoms with Crippen LogP contribution in [0.15, 0.2) is 29.3 Å². The van der Waals surface area contributed by atoms with Crippen LogP contribution in [0.4, 0.5) is 0 Å². The van der Waals surface area contributed by atoms with E-state index in [0.29, 0.717) is 12.6 Å². The van der Waals surface area contributed by atoms with E-state index in [1.807, 2.05) is 19.2 Å². The molecule has 0 amide bonds. The molecule has 3 heterocycles. The number of piperidine rings is 1. The number of aryl methyl sites for hydroxylation is 1. The van der Waals surface area contributed by atoms with Crippen molar-refractivity contribution < 1.29 is 4.74 Å². The minimum absolute atomic E-state index is 0. The number of benzene rings is 1. The number of rotatable bonds is 7. The molecule has 0 spiro atoms. The zero-order valence-electron chi connectivity index (χ0n) is 18.5. The Kier molecular flexibility index (Phi) is 8.94. The van der Waals surface area contributed by atoms with Crippen molar-refractivity contribution in [3.8, 4) is 5.75 Å². The lowest BCUT2D eigenvalue weighted by atomic mass is 10.0. The number of methoxy groups -OCH3 is 1. The van der Waals surface area contributed by atoms with E-state index in [0.717, 1.165) is 62.4 Å². The lowest BCUT2D eigenvalue weighted by molar-refractivity contribution is 0.164. The van der Waals surface area contributed by atoms with E-state index in [-0.39, 0.29) is 24.0 Å². The largest absolute Gasteiger partial charge is 0.497 e. The second kappa shape index (κ2) is 11.7. The molecule has 1 aromatic heterocycles. The quantitative estimate of drug-likeness (QED) is 0.320. The van der Waals surface area contributed by atoms with Gasteiger partial charge >= 0.3 is 0 Å². The first-order chi connectivity index (χ1) is 14.8. The summed E-state index contributed by atoms with van der Waals surface area (Å²) in [5, 5.41) is 15.5. The van der Waals surface area contributed by atoms with Crippen molar-refractivity contribution in [1.29, 1.82) is 0 Å². The molecule has 0 aliphatic carbocycles. The van der Waals surface area contributed by atoms with Gasteiger partial charge in [0, 0.05) is 26.6 Å². The van der Waals surface area contributed by atoms with Crippen LogP contribution in [-0.4, -0.2) is 59.4 Å². The van der Waals surface area contributed by atoms with Crippen LogP contribution in [0.2, 0.25) is 0 Å². The van der Waals surface area contributed by atoms with E-state index >= 15 is 0 Å². The van der Waals surface area contributed by atoms with Gasteiger partial charge in [0.2, 0.25) is 0 Å². The number of halogens is 1. The Morgan fingerprint density at radius 2 is 1.84 bits per heavy atom. The lowest BCUT2D eigenvalue weighted by Crippen LogP contribution is -2.44. The van der Waals surface area contributed by atoms with Crippen molar-refractivity contribution in [2.45, 2.75) is 51.2 Å². The summed E-state index contributed by atoms with van der Waals surface area (Å²) in [4.78, 5) is 7.00. The van der Waals surface area contributed by atoms with Crippen molar-refractivity contribution in [2.24, 2.45) is 4.99 Å². The van der Waals surface area contributed by atoms with Gasteiger partial charge in [0.1, 0.15) is 11.6 Å². The second-order valence-corrected chi connectivity index (χ2v) is 7.98. The molecule has 31 heavy (non-hydrogen) atoms. The summed E-state index contributed by atoms with van der Waals surface area (Å²) in [7, 11) is 3.52. The summed E-state index contributed by atoms with van der Waals surface area (Å²) < 4.78 is 7.55. The van der Waals surface area contributed by atoms with Gasteiger partial charge in [-0.2, -0.15) is 0 Å². The molecule has 1 unspecified atom stereocenters. The third-order valence-corrected chi connectivity index (χ3v) is 6.12. The highest BCUT2D eigenvalue weighted by molar-refractivity contribution is 14.0. The molecule has 0 bridgehead atoms. The highest BCUT2D eigenvalue weighted by Gasteiger charge is 2.23. The Labute approximate surface area is 201 Å². The van der Waals surface area contributed by atoms with E-state index in [2.05, 4.69) is 47.4 Å². The van der Waals surface area contributed by atoms with Crippen molar-refractivity contribution in [2.75, 3.05) is 33.8 Å². The topological polar surface area (TPSA) is 79.6 Å². The Morgan fingerprint density at radius 3 is 2.55 bits per heavy atom. The molecule has 2 aliphatic heterocycles. The molecular weight excluding hydrogens is 505 g/mol. The summed E-state index contributed by atoms with van der Waals surface area (Å²) in [6.45, 7) is 4.71. The van der Waals surface area contributed by atoms with E-state index in [4.69, 9.17) is 4.74 Å². The summed E-state index contributed by atoms with van der Waals surface area (Å²) >= 11 is 0. The van der Waals surface area contributed by atoms with E-state index < -0.39 is 0 Å². The molecule has 1 aromatic carbocycles. The molecule has 8 nitrogen and oxygen atoms in total. The molecule has 1 saturated heterocycles. The van der Waals surface area contributed by atoms with Gasteiger partial charge in [0.15, 0.2) is 11.8 Å². The van der Waals surface area contributed by atoms with Gasteiger partial charge in [-0.1, -0.05) is 18.6 Å². The normalized spacial score (nSPS) is 17.5. The van der Waals surface area contributed by atoms with Crippen molar-refractivity contribution in [3.05, 3.63) is 41.5 Å². The van der Waals surface area contributed by atoms with Gasteiger partial charge in [0.05, 0.1) is 19.7 Å². The lowest BCUT2D eigenvalue weighted by Gasteiger charge is -2.35. The Morgan fingerprint density at radius 1 is 1.06 bits per heavy atom. The van der Waals surface area contributed by atoms with E-state index in [1.165, 1.54) is 24.8 Å². The van der Waals surface area contributed by atoms with Gasteiger partial charge in [-0.05, 0) is 50.0 Å². The number of hydrogen-bond acceptors (Lipinski definition) is 5. The molecule has 0 radical (unpaired) electrons. The first kappa shape index (κ1) is 23.8. The predicted molar refractivity (Wildman–Crippen MR) is 133 cm³/mol. The highest BCUT2D eigenvalue weighted by Crippen LogP contribution is 2.26. The number of nitrogens with one attached hydrogen (secondary N) is 2. The van der Waals surface area contributed by atoms with Crippen molar-refractivity contribution in [3.63, 3.8) is 0 Å². The van der Waals surface area contributed by atoms with Gasteiger partial charge in [0.25, 0.3) is 0 Å². The molecule has 4 rings (SSSR count). The summed E-state index contributed by atoms with van der Waals surface area (Å²) in [5.74, 6) is 3.76. The van der Waals surface area contributed by atoms with Crippen molar-refractivity contribution in [1.82, 2.24) is 30.3 Å². The van der Waals surface area contributed by atoms with Gasteiger partial charge < -0.3 is 19.9 Å². The summed E-state index contributed by atoms with van der Waals surface area (Å²) in [6, 6.07) is 8.74. The fourth-order valence-corrected chi connectivity index (χ4v) is 4.43. The Balaban J connectivity index is 0.00000272. The van der Waals surface area contributed by atoms with E-state index in [1.54, 1.807) is 7.11 Å². The third kappa shape index (κ3) is 5.88. The minimum Gasteiger partial charge on any atom is -0.497 e. The maximum Gasteiger partial charge on any atom is 0.191 e. The van der Waals surface area contributed by atoms with Gasteiger partial charge in [-0.3, -0.25) is 9.89 Å². The fraction of sp³-hybridized carbons (Fsp3) is 0.591. The number of nitrogens with zero attached hydrogens (tertiary/aromatic N) is 5. The van der Waals surface area contributed by atoms with Crippen molar-refractivity contribution >= 4 is 29.9 Å². The molecule has 2 aromatic rings. The minimum atomic E-state index is 0. The van der Waals surface area contributed by atoms with Crippen LogP contribution >= 0.6 is 24.0 Å². The smallest absolute Gasteiger partial charge is 0.191 e. The monoisotopic (exact) mass is 539 g/mol. The average molecular weight is 539 g/mol. The van der Waals surface area contributed by atoms with E-state index in [9.17, 15) is 0 Å². The van der Waals surface area contributed by atoms with Crippen LogP contribution in [-0.2, 0) is 19.5 Å². The first-order valence-corrected chi connectivity index (χ1v) is 11.0. The maximum atomic E-state index is 5.34. The number of fused-ring (bicyclic) bond motifs is 1. The number of hydrogen-bond donors (Lipinski definition) is 2. The highest BCUT2D eigenvalue weighted by atomic mass is 127. The van der Waals surface area contributed by atoms with Gasteiger partial charge in [-0.15, -0.1) is 34.2 Å². The molecule has 2 N–H and O–H groups in total. The summed E-state index contributed by atoms with van der Waals surface area (Å²) in [6.07, 6.45) is 6.03. The number of ether oxygens (including phenoxy) is 1. The van der Waals surface area contributed by atoms with Crippen LogP contribution in [0.3, 0.4) is 0 Å². The fourth-order valence-electron chi connectivity index (χ4n) is 4.43. The van der Waals surface area contributed by atoms with Crippen LogP contribution < -0.4 is 15.4 Å². The number of likely N-dealkylation sites (tertiary alicyclic amines) is 1. The molecule has 170 valence electrons. The average Bonchev–Trinajstić information content (AvgIpc) is 3.42. The van der Waals surface area contributed by atoms with Crippen LogP contribution in [0.1, 0.15) is 48.9 Å². The summed E-state index contributed by atoms with van der Waals surface area (Å²) in [5.41, 5.74) is 1.30. The van der Waals surface area contributed by atoms with Gasteiger partial charge in [-0.25, -0.2) is 0 Å². The zero-order chi connectivity index (χ0) is 20.8. The molecule has 1 fully saturated rings. The Hall–Kier alpha value is -1.88. The molecule has 1 atom stereocenters.